The molecule has 0 aliphatic carbocycles. The van der Waals surface area contributed by atoms with Crippen molar-refractivity contribution in [2.45, 2.75) is 4.90 Å². The average Bonchev–Trinajstić information content (AvgIpc) is 2.74. The van der Waals surface area contributed by atoms with Crippen molar-refractivity contribution in [3.63, 3.8) is 0 Å². The highest BCUT2D eigenvalue weighted by molar-refractivity contribution is 7.92. The molecule has 1 amide bonds. The second-order valence-corrected chi connectivity index (χ2v) is 8.24. The average molecular weight is 440 g/mol. The summed E-state index contributed by atoms with van der Waals surface area (Å²) >= 11 is 5.78. The van der Waals surface area contributed by atoms with Gasteiger partial charge in [0.05, 0.1) is 4.90 Å². The molecule has 0 atom stereocenters. The Hall–Kier alpha value is -3.42. The van der Waals surface area contributed by atoms with Gasteiger partial charge in [-0.15, -0.1) is 0 Å². The lowest BCUT2D eigenvalue weighted by atomic mass is 10.2. The number of allylic oxidation sites excluding steroid dienone is 1. The van der Waals surface area contributed by atoms with E-state index in [-0.39, 0.29) is 4.90 Å². The lowest BCUT2D eigenvalue weighted by Gasteiger charge is -2.08. The van der Waals surface area contributed by atoms with Gasteiger partial charge in [0, 0.05) is 22.5 Å². The molecule has 0 saturated heterocycles. The van der Waals surface area contributed by atoms with Crippen LogP contribution >= 0.6 is 11.6 Å². The Bertz CT molecular complexity index is 1160. The van der Waals surface area contributed by atoms with Crippen molar-refractivity contribution >= 4 is 45.5 Å². The minimum atomic E-state index is -3.75. The molecule has 0 fully saturated rings. The molecule has 3 aromatic carbocycles. The number of anilines is 1. The van der Waals surface area contributed by atoms with Crippen LogP contribution in [0.2, 0.25) is 5.02 Å². The van der Waals surface area contributed by atoms with E-state index in [1.54, 1.807) is 6.08 Å². The molecule has 3 rings (SSSR count). The van der Waals surface area contributed by atoms with Gasteiger partial charge < -0.3 is 0 Å². The molecule has 152 valence electrons. The summed E-state index contributed by atoms with van der Waals surface area (Å²) in [5, 5.41) is 4.30. The first-order valence-corrected chi connectivity index (χ1v) is 10.7. The number of nitrogens with one attached hydrogen (secondary N) is 2. The molecule has 0 aliphatic heterocycles. The standard InChI is InChI=1S/C22H18ClN3O3S/c23-19-10-14-21(15-11-19)30(28,29)26-20-12-8-18(9-13-20)22(27)25-24-16-4-7-17-5-2-1-3-6-17/h1-16,26H,(H,25,27). The number of amides is 1. The van der Waals surface area contributed by atoms with Crippen LogP contribution in [0.5, 0.6) is 0 Å². The molecule has 8 heteroatoms. The number of hydrogen-bond acceptors (Lipinski definition) is 4. The van der Waals surface area contributed by atoms with Gasteiger partial charge in [0.1, 0.15) is 0 Å². The number of rotatable bonds is 7. The number of benzene rings is 3. The van der Waals surface area contributed by atoms with E-state index in [2.05, 4.69) is 15.2 Å². The summed E-state index contributed by atoms with van der Waals surface area (Å²) in [6.07, 6.45) is 5.04. The fourth-order valence-electron chi connectivity index (χ4n) is 2.44. The van der Waals surface area contributed by atoms with Gasteiger partial charge in [0.15, 0.2) is 0 Å². The molecule has 6 nitrogen and oxygen atoms in total. The van der Waals surface area contributed by atoms with Crippen LogP contribution in [0.1, 0.15) is 15.9 Å². The third kappa shape index (κ3) is 6.04. The van der Waals surface area contributed by atoms with Crippen molar-refractivity contribution in [2.75, 3.05) is 4.72 Å². The van der Waals surface area contributed by atoms with Crippen LogP contribution in [0.25, 0.3) is 6.08 Å². The minimum Gasteiger partial charge on any atom is -0.280 e. The normalized spacial score (nSPS) is 11.6. The number of hydrogen-bond donors (Lipinski definition) is 2. The number of hydrazone groups is 1. The Morgan fingerprint density at radius 1 is 0.900 bits per heavy atom. The van der Waals surface area contributed by atoms with Crippen LogP contribution in [0.15, 0.2) is 94.9 Å². The largest absolute Gasteiger partial charge is 0.280 e. The van der Waals surface area contributed by atoms with E-state index in [0.29, 0.717) is 16.3 Å². The zero-order chi connectivity index (χ0) is 21.4. The summed E-state index contributed by atoms with van der Waals surface area (Å²) < 4.78 is 27.2. The highest BCUT2D eigenvalue weighted by Gasteiger charge is 2.14. The SMILES string of the molecule is O=C(NN=CC=Cc1ccccc1)c1ccc(NS(=O)(=O)c2ccc(Cl)cc2)cc1. The maximum Gasteiger partial charge on any atom is 0.271 e. The topological polar surface area (TPSA) is 87.6 Å². The molecule has 0 bridgehead atoms. The maximum atomic E-state index is 12.4. The van der Waals surface area contributed by atoms with E-state index in [0.717, 1.165) is 5.56 Å². The van der Waals surface area contributed by atoms with E-state index in [9.17, 15) is 13.2 Å². The molecule has 0 aliphatic rings. The summed E-state index contributed by atoms with van der Waals surface area (Å²) in [5.74, 6) is -0.411. The molecule has 2 N–H and O–H groups in total. The van der Waals surface area contributed by atoms with Gasteiger partial charge in [-0.05, 0) is 60.2 Å². The molecular weight excluding hydrogens is 422 g/mol. The first-order valence-electron chi connectivity index (χ1n) is 8.88. The van der Waals surface area contributed by atoms with E-state index in [4.69, 9.17) is 11.6 Å². The van der Waals surface area contributed by atoms with Crippen molar-refractivity contribution in [3.8, 4) is 0 Å². The molecular formula is C22H18ClN3O3S. The number of carbonyl (C=O) groups excluding carboxylic acids is 1. The van der Waals surface area contributed by atoms with E-state index in [1.165, 1.54) is 54.7 Å². The summed E-state index contributed by atoms with van der Waals surface area (Å²) in [4.78, 5) is 12.2. The predicted octanol–water partition coefficient (Wildman–Crippen LogP) is 4.57. The van der Waals surface area contributed by atoms with Gasteiger partial charge in [-0.1, -0.05) is 48.0 Å². The number of halogens is 1. The van der Waals surface area contributed by atoms with Crippen LogP contribution in [0.4, 0.5) is 5.69 Å². The Labute approximate surface area is 180 Å². The van der Waals surface area contributed by atoms with Gasteiger partial charge >= 0.3 is 0 Å². The first kappa shape index (κ1) is 21.3. The molecule has 0 aromatic heterocycles. The third-order valence-electron chi connectivity index (χ3n) is 3.94. The Kier molecular flexibility index (Phi) is 7.00. The van der Waals surface area contributed by atoms with Crippen molar-refractivity contribution in [2.24, 2.45) is 5.10 Å². The highest BCUT2D eigenvalue weighted by Crippen LogP contribution is 2.18. The quantitative estimate of drug-likeness (QED) is 0.417. The smallest absolute Gasteiger partial charge is 0.271 e. The Balaban J connectivity index is 1.57. The molecule has 3 aromatic rings. The molecule has 0 unspecified atom stereocenters. The van der Waals surface area contributed by atoms with E-state index in [1.807, 2.05) is 36.4 Å². The first-order chi connectivity index (χ1) is 14.4. The van der Waals surface area contributed by atoms with Crippen LogP contribution in [-0.4, -0.2) is 20.5 Å². The van der Waals surface area contributed by atoms with Crippen molar-refractivity contribution in [1.29, 1.82) is 0 Å². The fraction of sp³-hybridized carbons (Fsp3) is 0. The van der Waals surface area contributed by atoms with Gasteiger partial charge in [-0.2, -0.15) is 5.10 Å². The number of sulfonamides is 1. The third-order valence-corrected chi connectivity index (χ3v) is 5.59. The zero-order valence-electron chi connectivity index (χ0n) is 15.7. The predicted molar refractivity (Wildman–Crippen MR) is 120 cm³/mol. The molecule has 30 heavy (non-hydrogen) atoms. The lowest BCUT2D eigenvalue weighted by Crippen LogP contribution is -2.17. The summed E-state index contributed by atoms with van der Waals surface area (Å²) in [5.41, 5.74) is 4.10. The van der Waals surface area contributed by atoms with Crippen molar-refractivity contribution < 1.29 is 13.2 Å². The Morgan fingerprint density at radius 3 is 2.23 bits per heavy atom. The van der Waals surface area contributed by atoms with Crippen LogP contribution < -0.4 is 10.1 Å². The van der Waals surface area contributed by atoms with E-state index >= 15 is 0 Å². The second-order valence-electron chi connectivity index (χ2n) is 6.13. The summed E-state index contributed by atoms with van der Waals surface area (Å²) in [7, 11) is -3.75. The van der Waals surface area contributed by atoms with Crippen LogP contribution in [0.3, 0.4) is 0 Å². The molecule has 0 spiro atoms. The Morgan fingerprint density at radius 2 is 1.57 bits per heavy atom. The second kappa shape index (κ2) is 9.87. The number of nitrogens with zero attached hydrogens (tertiary/aromatic N) is 1. The molecule has 0 heterocycles. The monoisotopic (exact) mass is 439 g/mol. The molecule has 0 saturated carbocycles. The highest BCUT2D eigenvalue weighted by atomic mass is 35.5. The van der Waals surface area contributed by atoms with Crippen molar-refractivity contribution in [3.05, 3.63) is 101 Å². The van der Waals surface area contributed by atoms with Gasteiger partial charge in [0.25, 0.3) is 15.9 Å². The van der Waals surface area contributed by atoms with Gasteiger partial charge in [-0.25, -0.2) is 13.8 Å². The summed E-state index contributed by atoms with van der Waals surface area (Å²) in [6, 6.07) is 21.5. The zero-order valence-corrected chi connectivity index (χ0v) is 17.3. The molecule has 0 radical (unpaired) electrons. The minimum absolute atomic E-state index is 0.0895. The van der Waals surface area contributed by atoms with Crippen molar-refractivity contribution in [1.82, 2.24) is 5.43 Å². The van der Waals surface area contributed by atoms with Gasteiger partial charge in [-0.3, -0.25) is 9.52 Å². The fourth-order valence-corrected chi connectivity index (χ4v) is 3.62. The lowest BCUT2D eigenvalue weighted by molar-refractivity contribution is 0.0955. The summed E-state index contributed by atoms with van der Waals surface area (Å²) in [6.45, 7) is 0. The van der Waals surface area contributed by atoms with Crippen LogP contribution in [-0.2, 0) is 10.0 Å². The van der Waals surface area contributed by atoms with E-state index < -0.39 is 15.9 Å². The van der Waals surface area contributed by atoms with Gasteiger partial charge in [0.2, 0.25) is 0 Å². The number of carbonyl (C=O) groups is 1. The maximum absolute atomic E-state index is 12.4. The van der Waals surface area contributed by atoms with Crippen LogP contribution in [0, 0.1) is 0 Å².